The van der Waals surface area contributed by atoms with Gasteiger partial charge >= 0.3 is 0 Å². The third-order valence-corrected chi connectivity index (χ3v) is 2.50. The Bertz CT molecular complexity index is 293. The van der Waals surface area contributed by atoms with Crippen molar-refractivity contribution in [2.24, 2.45) is 0 Å². The van der Waals surface area contributed by atoms with Gasteiger partial charge in [0.2, 0.25) is 0 Å². The summed E-state index contributed by atoms with van der Waals surface area (Å²) in [6, 6.07) is 7.48. The lowest BCUT2D eigenvalue weighted by atomic mass is 10.1. The maximum absolute atomic E-state index is 9.35. The van der Waals surface area contributed by atoms with Crippen molar-refractivity contribution < 1.29 is 14.6 Å². The molecule has 1 aromatic rings. The van der Waals surface area contributed by atoms with Crippen LogP contribution in [0, 0.1) is 0 Å². The highest BCUT2D eigenvalue weighted by Gasteiger charge is 2.00. The number of ether oxygens (including phenoxy) is 2. The summed E-state index contributed by atoms with van der Waals surface area (Å²) in [5, 5.41) is 9.35. The molecule has 0 saturated heterocycles. The number of unbranched alkanes of at least 4 members (excludes halogenated alkanes) is 1. The molecule has 1 atom stereocenters. The minimum Gasteiger partial charge on any atom is -0.491 e. The van der Waals surface area contributed by atoms with Gasteiger partial charge in [-0.25, -0.2) is 0 Å². The van der Waals surface area contributed by atoms with Crippen molar-refractivity contribution in [3.63, 3.8) is 0 Å². The molecule has 96 valence electrons. The fraction of sp³-hybridized carbons (Fsp3) is 0.571. The molecule has 0 bridgehead atoms. The van der Waals surface area contributed by atoms with E-state index in [-0.39, 0.29) is 0 Å². The van der Waals surface area contributed by atoms with Gasteiger partial charge < -0.3 is 14.6 Å². The van der Waals surface area contributed by atoms with Gasteiger partial charge in [-0.2, -0.15) is 0 Å². The summed E-state index contributed by atoms with van der Waals surface area (Å²) >= 11 is 0. The first-order chi connectivity index (χ1) is 8.24. The van der Waals surface area contributed by atoms with Gasteiger partial charge in [0.15, 0.2) is 0 Å². The van der Waals surface area contributed by atoms with Gasteiger partial charge in [-0.3, -0.25) is 0 Å². The predicted molar refractivity (Wildman–Crippen MR) is 68.3 cm³/mol. The molecule has 0 radical (unpaired) electrons. The number of aliphatic hydroxyl groups excluding tert-OH is 1. The van der Waals surface area contributed by atoms with Crippen LogP contribution >= 0.6 is 0 Å². The van der Waals surface area contributed by atoms with Crippen LogP contribution < -0.4 is 4.74 Å². The Kier molecular flexibility index (Phi) is 6.67. The maximum Gasteiger partial charge on any atom is 0.119 e. The topological polar surface area (TPSA) is 38.7 Å². The van der Waals surface area contributed by atoms with Crippen LogP contribution in [0.1, 0.15) is 38.4 Å². The Labute approximate surface area is 103 Å². The number of hydrogen-bond acceptors (Lipinski definition) is 3. The van der Waals surface area contributed by atoms with E-state index in [0.717, 1.165) is 30.8 Å². The molecule has 0 aliphatic heterocycles. The van der Waals surface area contributed by atoms with E-state index in [9.17, 15) is 5.11 Å². The summed E-state index contributed by atoms with van der Waals surface area (Å²) in [5.41, 5.74) is 0.900. The van der Waals surface area contributed by atoms with Crippen molar-refractivity contribution in [2.75, 3.05) is 19.8 Å². The highest BCUT2D eigenvalue weighted by Crippen LogP contribution is 2.16. The monoisotopic (exact) mass is 238 g/mol. The molecule has 3 heteroatoms. The quantitative estimate of drug-likeness (QED) is 0.708. The first kappa shape index (κ1) is 14.0. The maximum atomic E-state index is 9.35. The molecule has 0 aliphatic rings. The molecule has 1 aromatic carbocycles. The molecule has 1 rings (SSSR count). The minimum atomic E-state index is -0.429. The molecule has 0 aromatic heterocycles. The molecule has 17 heavy (non-hydrogen) atoms. The van der Waals surface area contributed by atoms with Crippen LogP contribution in [-0.2, 0) is 4.74 Å². The van der Waals surface area contributed by atoms with Crippen LogP contribution in [0.4, 0.5) is 0 Å². The van der Waals surface area contributed by atoms with E-state index in [0.29, 0.717) is 13.2 Å². The molecule has 0 heterocycles. The van der Waals surface area contributed by atoms with E-state index in [1.807, 2.05) is 24.3 Å². The standard InChI is InChI=1S/C14H22O3/c1-3-4-9-16-10-11-17-14-7-5-13(6-8-14)12(2)15/h5-8,12,15H,3-4,9-11H2,1-2H3/t12-/m1/s1. The zero-order valence-electron chi connectivity index (χ0n) is 10.7. The van der Waals surface area contributed by atoms with E-state index < -0.39 is 6.10 Å². The third-order valence-electron chi connectivity index (χ3n) is 2.50. The summed E-state index contributed by atoms with van der Waals surface area (Å²) in [4.78, 5) is 0. The average Bonchev–Trinajstić information content (AvgIpc) is 2.34. The highest BCUT2D eigenvalue weighted by atomic mass is 16.5. The normalized spacial score (nSPS) is 12.4. The van der Waals surface area contributed by atoms with Crippen molar-refractivity contribution in [1.29, 1.82) is 0 Å². The van der Waals surface area contributed by atoms with Gasteiger partial charge in [-0.1, -0.05) is 25.5 Å². The Morgan fingerprint density at radius 3 is 2.41 bits per heavy atom. The molecule has 0 saturated carbocycles. The molecule has 0 unspecified atom stereocenters. The lowest BCUT2D eigenvalue weighted by Crippen LogP contribution is -2.07. The molecule has 0 spiro atoms. The molecule has 1 N–H and O–H groups in total. The summed E-state index contributed by atoms with van der Waals surface area (Å²) in [5.74, 6) is 0.813. The number of benzene rings is 1. The van der Waals surface area contributed by atoms with Crippen LogP contribution in [0.2, 0.25) is 0 Å². The summed E-state index contributed by atoms with van der Waals surface area (Å²) in [6.45, 7) is 5.89. The Morgan fingerprint density at radius 2 is 1.82 bits per heavy atom. The van der Waals surface area contributed by atoms with Crippen molar-refractivity contribution in [3.05, 3.63) is 29.8 Å². The van der Waals surface area contributed by atoms with Gasteiger partial charge in [-0.05, 0) is 31.0 Å². The van der Waals surface area contributed by atoms with Gasteiger partial charge in [0, 0.05) is 6.61 Å². The van der Waals surface area contributed by atoms with Crippen LogP contribution in [0.15, 0.2) is 24.3 Å². The van der Waals surface area contributed by atoms with Crippen LogP contribution in [0.25, 0.3) is 0 Å². The molecular weight excluding hydrogens is 216 g/mol. The van der Waals surface area contributed by atoms with E-state index in [4.69, 9.17) is 9.47 Å². The van der Waals surface area contributed by atoms with Crippen molar-refractivity contribution in [3.8, 4) is 5.75 Å². The minimum absolute atomic E-state index is 0.429. The van der Waals surface area contributed by atoms with Crippen molar-refractivity contribution >= 4 is 0 Å². The molecule has 0 amide bonds. The first-order valence-electron chi connectivity index (χ1n) is 6.22. The number of aliphatic hydroxyl groups is 1. The zero-order chi connectivity index (χ0) is 12.5. The first-order valence-corrected chi connectivity index (χ1v) is 6.22. The van der Waals surface area contributed by atoms with Gasteiger partial charge in [0.05, 0.1) is 12.7 Å². The van der Waals surface area contributed by atoms with Crippen LogP contribution in [0.3, 0.4) is 0 Å². The summed E-state index contributed by atoms with van der Waals surface area (Å²) < 4.78 is 10.9. The Balaban J connectivity index is 2.19. The SMILES string of the molecule is CCCCOCCOc1ccc([C@@H](C)O)cc1. The predicted octanol–water partition coefficient (Wildman–Crippen LogP) is 2.94. The van der Waals surface area contributed by atoms with E-state index in [1.54, 1.807) is 6.92 Å². The Morgan fingerprint density at radius 1 is 1.12 bits per heavy atom. The second-order valence-corrected chi connectivity index (χ2v) is 4.06. The molecule has 0 fully saturated rings. The molecule has 3 nitrogen and oxygen atoms in total. The third kappa shape index (κ3) is 5.71. The second-order valence-electron chi connectivity index (χ2n) is 4.06. The molecule has 0 aliphatic carbocycles. The Hall–Kier alpha value is -1.06. The largest absolute Gasteiger partial charge is 0.491 e. The fourth-order valence-corrected chi connectivity index (χ4v) is 1.41. The number of rotatable bonds is 8. The average molecular weight is 238 g/mol. The van der Waals surface area contributed by atoms with Crippen LogP contribution in [-0.4, -0.2) is 24.9 Å². The molecular formula is C14H22O3. The van der Waals surface area contributed by atoms with Crippen molar-refractivity contribution in [1.82, 2.24) is 0 Å². The van der Waals surface area contributed by atoms with E-state index in [2.05, 4.69) is 6.92 Å². The highest BCUT2D eigenvalue weighted by molar-refractivity contribution is 5.28. The van der Waals surface area contributed by atoms with E-state index >= 15 is 0 Å². The van der Waals surface area contributed by atoms with E-state index in [1.165, 1.54) is 0 Å². The van der Waals surface area contributed by atoms with Gasteiger partial charge in [-0.15, -0.1) is 0 Å². The lowest BCUT2D eigenvalue weighted by molar-refractivity contribution is 0.0980. The second kappa shape index (κ2) is 8.09. The smallest absolute Gasteiger partial charge is 0.119 e. The van der Waals surface area contributed by atoms with Gasteiger partial charge in [0.1, 0.15) is 12.4 Å². The fourth-order valence-electron chi connectivity index (χ4n) is 1.41. The summed E-state index contributed by atoms with van der Waals surface area (Å²) in [7, 11) is 0. The summed E-state index contributed by atoms with van der Waals surface area (Å²) in [6.07, 6.45) is 1.83. The number of hydrogen-bond donors (Lipinski definition) is 1. The zero-order valence-corrected chi connectivity index (χ0v) is 10.7. The van der Waals surface area contributed by atoms with Gasteiger partial charge in [0.25, 0.3) is 0 Å². The van der Waals surface area contributed by atoms with Crippen molar-refractivity contribution in [2.45, 2.75) is 32.8 Å². The van der Waals surface area contributed by atoms with Crippen LogP contribution in [0.5, 0.6) is 5.75 Å². The lowest BCUT2D eigenvalue weighted by Gasteiger charge is -2.08.